The molecule has 1 aliphatic rings. The smallest absolute Gasteiger partial charge is 0.326 e. The standard InChI is InChI=1S/C16H21NO6/c1-4-5-22-13-7-11(8-18)6-12-14(13)23-10(3)15(19)17(12)9(2)16(20)21/h6-7,9-10,18H,4-5,8H2,1-3H3,(H,20,21). The summed E-state index contributed by atoms with van der Waals surface area (Å²) >= 11 is 0. The van der Waals surface area contributed by atoms with Gasteiger partial charge in [-0.25, -0.2) is 4.79 Å². The Morgan fingerprint density at radius 2 is 2.17 bits per heavy atom. The molecular formula is C16H21NO6. The van der Waals surface area contributed by atoms with Crippen LogP contribution in [0.5, 0.6) is 11.5 Å². The van der Waals surface area contributed by atoms with E-state index in [9.17, 15) is 19.8 Å². The third-order valence-electron chi connectivity index (χ3n) is 3.62. The number of fused-ring (bicyclic) bond motifs is 1. The van der Waals surface area contributed by atoms with Gasteiger partial charge < -0.3 is 19.7 Å². The van der Waals surface area contributed by atoms with Crippen molar-refractivity contribution in [3.8, 4) is 11.5 Å². The van der Waals surface area contributed by atoms with Crippen LogP contribution < -0.4 is 14.4 Å². The van der Waals surface area contributed by atoms with Crippen LogP contribution in [0, 0.1) is 0 Å². The van der Waals surface area contributed by atoms with E-state index in [1.165, 1.54) is 11.8 Å². The monoisotopic (exact) mass is 323 g/mol. The number of aliphatic carboxylic acids is 1. The number of amides is 1. The van der Waals surface area contributed by atoms with Gasteiger partial charge in [0.1, 0.15) is 6.04 Å². The molecule has 0 saturated carbocycles. The van der Waals surface area contributed by atoms with Crippen molar-refractivity contribution < 1.29 is 29.3 Å². The number of anilines is 1. The molecule has 7 heteroatoms. The number of carbonyl (C=O) groups is 2. The van der Waals surface area contributed by atoms with Crippen LogP contribution >= 0.6 is 0 Å². The number of aliphatic hydroxyl groups excluding tert-OH is 1. The largest absolute Gasteiger partial charge is 0.490 e. The highest BCUT2D eigenvalue weighted by molar-refractivity contribution is 6.04. The van der Waals surface area contributed by atoms with E-state index in [1.54, 1.807) is 19.1 Å². The van der Waals surface area contributed by atoms with Crippen molar-refractivity contribution >= 4 is 17.6 Å². The van der Waals surface area contributed by atoms with Crippen molar-refractivity contribution in [1.29, 1.82) is 0 Å². The molecule has 0 aromatic heterocycles. The molecule has 0 radical (unpaired) electrons. The van der Waals surface area contributed by atoms with Gasteiger partial charge in [0.05, 0.1) is 18.9 Å². The third-order valence-corrected chi connectivity index (χ3v) is 3.62. The van der Waals surface area contributed by atoms with Crippen molar-refractivity contribution in [1.82, 2.24) is 0 Å². The SMILES string of the molecule is CCCOc1cc(CO)cc2c1OC(C)C(=O)N2C(C)C(=O)O. The van der Waals surface area contributed by atoms with E-state index < -0.39 is 24.0 Å². The summed E-state index contributed by atoms with van der Waals surface area (Å²) < 4.78 is 11.3. The number of ether oxygens (including phenoxy) is 2. The second kappa shape index (κ2) is 6.87. The van der Waals surface area contributed by atoms with E-state index in [-0.39, 0.29) is 6.61 Å². The van der Waals surface area contributed by atoms with Crippen LogP contribution in [0.2, 0.25) is 0 Å². The molecule has 7 nitrogen and oxygen atoms in total. The minimum Gasteiger partial charge on any atom is -0.490 e. The molecule has 0 bridgehead atoms. The first-order valence-electron chi connectivity index (χ1n) is 7.53. The Morgan fingerprint density at radius 3 is 2.74 bits per heavy atom. The lowest BCUT2D eigenvalue weighted by Crippen LogP contribution is -2.51. The van der Waals surface area contributed by atoms with Crippen LogP contribution in [0.15, 0.2) is 12.1 Å². The van der Waals surface area contributed by atoms with Crippen molar-refractivity contribution in [3.63, 3.8) is 0 Å². The number of carboxylic acid groups (broad SMARTS) is 1. The fourth-order valence-electron chi connectivity index (χ4n) is 2.40. The molecule has 2 N–H and O–H groups in total. The van der Waals surface area contributed by atoms with Crippen LogP contribution in [0.25, 0.3) is 0 Å². The molecule has 0 spiro atoms. The maximum atomic E-state index is 12.4. The Labute approximate surface area is 134 Å². The number of carboxylic acids is 1. The number of benzene rings is 1. The number of nitrogens with zero attached hydrogens (tertiary/aromatic N) is 1. The van der Waals surface area contributed by atoms with E-state index in [0.717, 1.165) is 6.42 Å². The number of hydrogen-bond donors (Lipinski definition) is 2. The average Bonchev–Trinajstić information content (AvgIpc) is 2.53. The summed E-state index contributed by atoms with van der Waals surface area (Å²) in [6, 6.07) is 2.14. The second-order valence-corrected chi connectivity index (χ2v) is 5.43. The molecule has 2 unspecified atom stereocenters. The van der Waals surface area contributed by atoms with Crippen LogP contribution in [0.4, 0.5) is 5.69 Å². The Bertz CT molecular complexity index is 615. The lowest BCUT2D eigenvalue weighted by molar-refractivity contribution is -0.140. The maximum Gasteiger partial charge on any atom is 0.326 e. The van der Waals surface area contributed by atoms with Crippen molar-refractivity contribution in [2.75, 3.05) is 11.5 Å². The average molecular weight is 323 g/mol. The number of hydrogen-bond acceptors (Lipinski definition) is 5. The highest BCUT2D eigenvalue weighted by atomic mass is 16.5. The van der Waals surface area contributed by atoms with Gasteiger partial charge in [0.15, 0.2) is 17.6 Å². The summed E-state index contributed by atoms with van der Waals surface area (Å²) in [4.78, 5) is 24.9. The predicted molar refractivity (Wildman–Crippen MR) is 82.8 cm³/mol. The van der Waals surface area contributed by atoms with Gasteiger partial charge in [-0.3, -0.25) is 9.69 Å². The Hall–Kier alpha value is -2.28. The van der Waals surface area contributed by atoms with Gasteiger partial charge in [-0.2, -0.15) is 0 Å². The topological polar surface area (TPSA) is 96.3 Å². The molecular weight excluding hydrogens is 302 g/mol. The van der Waals surface area contributed by atoms with E-state index in [0.29, 0.717) is 29.4 Å². The molecule has 1 heterocycles. The molecule has 1 aromatic carbocycles. The first kappa shape index (κ1) is 17.1. The van der Waals surface area contributed by atoms with Crippen LogP contribution in [0.1, 0.15) is 32.8 Å². The normalized spacial score (nSPS) is 18.2. The first-order chi connectivity index (χ1) is 10.9. The Kier molecular flexibility index (Phi) is 5.10. The van der Waals surface area contributed by atoms with Gasteiger partial charge in [0.2, 0.25) is 0 Å². The molecule has 0 fully saturated rings. The molecule has 0 aliphatic carbocycles. The summed E-state index contributed by atoms with van der Waals surface area (Å²) in [6.45, 7) is 5.14. The summed E-state index contributed by atoms with van der Waals surface area (Å²) in [5.74, 6) is -0.834. The zero-order chi connectivity index (χ0) is 17.1. The molecule has 2 rings (SSSR count). The van der Waals surface area contributed by atoms with Gasteiger partial charge in [0, 0.05) is 0 Å². The molecule has 2 atom stereocenters. The Balaban J connectivity index is 2.58. The van der Waals surface area contributed by atoms with Crippen molar-refractivity contribution in [2.24, 2.45) is 0 Å². The van der Waals surface area contributed by atoms with E-state index in [1.807, 2.05) is 6.92 Å². The van der Waals surface area contributed by atoms with Crippen molar-refractivity contribution in [3.05, 3.63) is 17.7 Å². The molecule has 23 heavy (non-hydrogen) atoms. The third kappa shape index (κ3) is 3.24. The Morgan fingerprint density at radius 1 is 1.48 bits per heavy atom. The van der Waals surface area contributed by atoms with Gasteiger partial charge in [-0.15, -0.1) is 0 Å². The molecule has 1 aliphatic heterocycles. The summed E-state index contributed by atoms with van der Waals surface area (Å²) in [5.41, 5.74) is 0.823. The maximum absolute atomic E-state index is 12.4. The van der Waals surface area contributed by atoms with E-state index >= 15 is 0 Å². The van der Waals surface area contributed by atoms with Crippen LogP contribution in [-0.4, -0.2) is 40.8 Å². The number of aliphatic hydroxyl groups is 1. The minimum atomic E-state index is -1.12. The quantitative estimate of drug-likeness (QED) is 0.824. The predicted octanol–water partition coefficient (Wildman–Crippen LogP) is 1.55. The fourth-order valence-corrected chi connectivity index (χ4v) is 2.40. The second-order valence-electron chi connectivity index (χ2n) is 5.43. The van der Waals surface area contributed by atoms with Crippen molar-refractivity contribution in [2.45, 2.75) is 45.9 Å². The minimum absolute atomic E-state index is 0.255. The molecule has 1 amide bonds. The lowest BCUT2D eigenvalue weighted by Gasteiger charge is -2.36. The fraction of sp³-hybridized carbons (Fsp3) is 0.500. The highest BCUT2D eigenvalue weighted by Crippen LogP contribution is 2.43. The van der Waals surface area contributed by atoms with E-state index in [4.69, 9.17) is 9.47 Å². The van der Waals surface area contributed by atoms with Gasteiger partial charge in [-0.1, -0.05) is 6.92 Å². The molecule has 1 aromatic rings. The van der Waals surface area contributed by atoms with Gasteiger partial charge in [-0.05, 0) is 38.0 Å². The number of carbonyl (C=O) groups excluding carboxylic acids is 1. The van der Waals surface area contributed by atoms with E-state index in [2.05, 4.69) is 0 Å². The molecule has 0 saturated heterocycles. The van der Waals surface area contributed by atoms with Crippen LogP contribution in [0.3, 0.4) is 0 Å². The summed E-state index contributed by atoms with van der Waals surface area (Å²) in [7, 11) is 0. The highest BCUT2D eigenvalue weighted by Gasteiger charge is 2.39. The molecule has 126 valence electrons. The summed E-state index contributed by atoms with van der Waals surface area (Å²) in [6.07, 6.45) is -0.0322. The lowest BCUT2D eigenvalue weighted by atomic mass is 10.1. The van der Waals surface area contributed by atoms with Gasteiger partial charge in [0.25, 0.3) is 5.91 Å². The summed E-state index contributed by atoms with van der Waals surface area (Å²) in [5, 5.41) is 18.7. The zero-order valence-electron chi connectivity index (χ0n) is 13.4. The zero-order valence-corrected chi connectivity index (χ0v) is 13.4. The number of rotatable bonds is 6. The van der Waals surface area contributed by atoms with Gasteiger partial charge >= 0.3 is 5.97 Å². The van der Waals surface area contributed by atoms with Crippen LogP contribution in [-0.2, 0) is 16.2 Å². The first-order valence-corrected chi connectivity index (χ1v) is 7.53.